The summed E-state index contributed by atoms with van der Waals surface area (Å²) >= 11 is 3.23. The van der Waals surface area contributed by atoms with Crippen molar-refractivity contribution in [2.45, 2.75) is 32.7 Å². The number of hydrogen-bond acceptors (Lipinski definition) is 4. The highest BCUT2D eigenvalue weighted by atomic mass is 79.9. The highest BCUT2D eigenvalue weighted by molar-refractivity contribution is 9.10. The van der Waals surface area contributed by atoms with E-state index in [0.717, 1.165) is 17.7 Å². The van der Waals surface area contributed by atoms with E-state index < -0.39 is 11.7 Å². The Kier molecular flexibility index (Phi) is 6.56. The Hall–Kier alpha value is -3.47. The Balaban J connectivity index is 1.91. The molecule has 7 nitrogen and oxygen atoms in total. The van der Waals surface area contributed by atoms with Crippen LogP contribution in [0.25, 0.3) is 11.0 Å². The predicted octanol–water partition coefficient (Wildman–Crippen LogP) is 4.31. The molecule has 0 bridgehead atoms. The Labute approximate surface area is 201 Å². The van der Waals surface area contributed by atoms with Crippen molar-refractivity contribution in [2.24, 2.45) is 0 Å². The standard InChI is InChI=1S/C23H21BrF3N6O/c1-2-32-18-10-16(23(25,26)27)8-9-17(18)33(12-15-6-4-3-5-7-15)20(32)13-31(14-34)22-21(28)29-11-19(24)30-22/h3-11,14H,2,12-13H2,1H3,(H2,28,29)/q+1. The SMILES string of the molecule is CCn1c(CN(C=O)c2nc(Br)cnc2N)[n+](Cc2ccccc2)c2ccc(C(F)(F)F)cc21. The number of aromatic nitrogens is 4. The number of carbonyl (C=O) groups excluding carboxylic acids is 1. The molecule has 11 heteroatoms. The smallest absolute Gasteiger partial charge is 0.381 e. The van der Waals surface area contributed by atoms with Gasteiger partial charge in [0.2, 0.25) is 6.41 Å². The lowest BCUT2D eigenvalue weighted by Gasteiger charge is -2.17. The first-order chi connectivity index (χ1) is 16.2. The van der Waals surface area contributed by atoms with Crippen LogP contribution in [0.4, 0.5) is 24.8 Å². The van der Waals surface area contributed by atoms with Crippen LogP contribution in [-0.2, 0) is 30.6 Å². The van der Waals surface area contributed by atoms with E-state index in [0.29, 0.717) is 41.0 Å². The molecule has 4 aromatic rings. The zero-order valence-corrected chi connectivity index (χ0v) is 19.7. The van der Waals surface area contributed by atoms with Gasteiger partial charge >= 0.3 is 6.18 Å². The normalized spacial score (nSPS) is 11.7. The lowest BCUT2D eigenvalue weighted by atomic mass is 10.2. The number of benzene rings is 2. The summed E-state index contributed by atoms with van der Waals surface area (Å²) in [5, 5.41) is 0. The van der Waals surface area contributed by atoms with Crippen LogP contribution < -0.4 is 15.2 Å². The van der Waals surface area contributed by atoms with Crippen molar-refractivity contribution < 1.29 is 22.5 Å². The fourth-order valence-electron chi connectivity index (χ4n) is 3.93. The largest absolute Gasteiger partial charge is 0.416 e. The average Bonchev–Trinajstić information content (AvgIpc) is 3.10. The topological polar surface area (TPSA) is 80.9 Å². The molecule has 0 atom stereocenters. The molecule has 34 heavy (non-hydrogen) atoms. The quantitative estimate of drug-likeness (QED) is 0.283. The molecule has 0 radical (unpaired) electrons. The molecule has 0 spiro atoms. The van der Waals surface area contributed by atoms with Crippen LogP contribution in [0.15, 0.2) is 59.3 Å². The summed E-state index contributed by atoms with van der Waals surface area (Å²) in [6.07, 6.45) is -2.48. The van der Waals surface area contributed by atoms with Crippen LogP contribution in [0.2, 0.25) is 0 Å². The third-order valence-electron chi connectivity index (χ3n) is 5.47. The van der Waals surface area contributed by atoms with Gasteiger partial charge in [-0.1, -0.05) is 30.3 Å². The second-order valence-corrected chi connectivity index (χ2v) is 8.38. The molecular formula is C23H21BrF3N6O+. The van der Waals surface area contributed by atoms with E-state index in [2.05, 4.69) is 25.9 Å². The molecule has 0 saturated carbocycles. The van der Waals surface area contributed by atoms with E-state index in [1.807, 2.05) is 41.8 Å². The molecule has 176 valence electrons. The van der Waals surface area contributed by atoms with Gasteiger partial charge in [-0.25, -0.2) is 19.1 Å². The molecule has 0 fully saturated rings. The number of aryl methyl sites for hydroxylation is 1. The molecule has 0 saturated heterocycles. The maximum Gasteiger partial charge on any atom is 0.416 e. The maximum absolute atomic E-state index is 13.5. The molecule has 0 aliphatic carbocycles. The van der Waals surface area contributed by atoms with E-state index in [1.165, 1.54) is 17.2 Å². The summed E-state index contributed by atoms with van der Waals surface area (Å²) in [6, 6.07) is 13.2. The number of halogens is 4. The van der Waals surface area contributed by atoms with Gasteiger partial charge in [0.05, 0.1) is 18.3 Å². The van der Waals surface area contributed by atoms with Gasteiger partial charge in [0.15, 0.2) is 22.7 Å². The molecule has 0 aliphatic heterocycles. The number of nitrogens with zero attached hydrogens (tertiary/aromatic N) is 5. The van der Waals surface area contributed by atoms with E-state index >= 15 is 0 Å². The summed E-state index contributed by atoms with van der Waals surface area (Å²) in [4.78, 5) is 21.7. The van der Waals surface area contributed by atoms with Crippen LogP contribution in [0.1, 0.15) is 23.9 Å². The number of carbonyl (C=O) groups is 1. The predicted molar refractivity (Wildman–Crippen MR) is 125 cm³/mol. The van der Waals surface area contributed by atoms with Gasteiger partial charge in [-0.2, -0.15) is 13.2 Å². The van der Waals surface area contributed by atoms with Gasteiger partial charge in [-0.05, 0) is 40.5 Å². The van der Waals surface area contributed by atoms with Gasteiger partial charge in [-0.15, -0.1) is 0 Å². The monoisotopic (exact) mass is 533 g/mol. The van der Waals surface area contributed by atoms with Crippen molar-refractivity contribution >= 4 is 45.0 Å². The van der Waals surface area contributed by atoms with Crippen molar-refractivity contribution in [3.8, 4) is 0 Å². The number of nitrogen functional groups attached to an aromatic ring is 1. The molecule has 0 unspecified atom stereocenters. The zero-order chi connectivity index (χ0) is 24.5. The fourth-order valence-corrected chi connectivity index (χ4v) is 4.20. The first-order valence-corrected chi connectivity index (χ1v) is 11.2. The molecule has 1 amide bonds. The number of anilines is 2. The van der Waals surface area contributed by atoms with Gasteiger partial charge in [0.1, 0.15) is 17.7 Å². The molecule has 4 rings (SSSR count). The van der Waals surface area contributed by atoms with Crippen LogP contribution in [0.3, 0.4) is 0 Å². The second-order valence-electron chi connectivity index (χ2n) is 7.57. The summed E-state index contributed by atoms with van der Waals surface area (Å²) in [6.45, 7) is 2.66. The average molecular weight is 534 g/mol. The minimum absolute atomic E-state index is 0.0234. The van der Waals surface area contributed by atoms with E-state index in [9.17, 15) is 18.0 Å². The van der Waals surface area contributed by atoms with Crippen molar-refractivity contribution in [1.29, 1.82) is 0 Å². The highest BCUT2D eigenvalue weighted by Crippen LogP contribution is 2.32. The van der Waals surface area contributed by atoms with Crippen LogP contribution >= 0.6 is 15.9 Å². The third-order valence-corrected chi connectivity index (χ3v) is 5.85. The number of amides is 1. The maximum atomic E-state index is 13.5. The number of fused-ring (bicyclic) bond motifs is 1. The first-order valence-electron chi connectivity index (χ1n) is 10.4. The molecule has 0 aliphatic rings. The van der Waals surface area contributed by atoms with E-state index in [1.54, 1.807) is 4.57 Å². The van der Waals surface area contributed by atoms with Crippen molar-refractivity contribution in [2.75, 3.05) is 10.6 Å². The molecular weight excluding hydrogens is 513 g/mol. The first kappa shape index (κ1) is 23.7. The number of rotatable bonds is 7. The van der Waals surface area contributed by atoms with Gasteiger partial charge < -0.3 is 5.73 Å². The molecule has 2 aromatic carbocycles. The summed E-state index contributed by atoms with van der Waals surface area (Å²) in [5.41, 5.74) is 7.22. The molecule has 2 heterocycles. The minimum Gasteiger partial charge on any atom is -0.381 e. The van der Waals surface area contributed by atoms with E-state index in [4.69, 9.17) is 5.73 Å². The summed E-state index contributed by atoms with van der Waals surface area (Å²) in [5.74, 6) is 0.830. The van der Waals surface area contributed by atoms with Crippen molar-refractivity contribution in [3.05, 3.63) is 76.3 Å². The summed E-state index contributed by atoms with van der Waals surface area (Å²) in [7, 11) is 0. The van der Waals surface area contributed by atoms with Crippen molar-refractivity contribution in [3.63, 3.8) is 0 Å². The van der Waals surface area contributed by atoms with E-state index in [-0.39, 0.29) is 18.2 Å². The lowest BCUT2D eigenvalue weighted by Crippen LogP contribution is -2.42. The number of hydrogen-bond donors (Lipinski definition) is 1. The summed E-state index contributed by atoms with van der Waals surface area (Å²) < 4.78 is 44.5. The minimum atomic E-state index is -4.48. The molecule has 2 N–H and O–H groups in total. The van der Waals surface area contributed by atoms with Gasteiger partial charge in [0, 0.05) is 6.07 Å². The fraction of sp³-hybridized carbons (Fsp3) is 0.217. The Morgan fingerprint density at radius 1 is 1.21 bits per heavy atom. The number of imidazole rings is 1. The third kappa shape index (κ3) is 4.60. The van der Waals surface area contributed by atoms with Crippen LogP contribution in [0.5, 0.6) is 0 Å². The molecule has 2 aromatic heterocycles. The Morgan fingerprint density at radius 2 is 1.94 bits per heavy atom. The number of nitrogens with two attached hydrogens (primary N) is 1. The number of alkyl halides is 3. The Bertz CT molecular complexity index is 1340. The highest BCUT2D eigenvalue weighted by Gasteiger charge is 2.34. The zero-order valence-electron chi connectivity index (χ0n) is 18.1. The second kappa shape index (κ2) is 9.41. The van der Waals surface area contributed by atoms with Gasteiger partial charge in [-0.3, -0.25) is 9.69 Å². The van der Waals surface area contributed by atoms with Crippen molar-refractivity contribution in [1.82, 2.24) is 14.5 Å². The van der Waals surface area contributed by atoms with Crippen LogP contribution in [-0.4, -0.2) is 20.9 Å². The van der Waals surface area contributed by atoms with Crippen LogP contribution in [0, 0.1) is 0 Å². The lowest BCUT2D eigenvalue weighted by molar-refractivity contribution is -0.671. The van der Waals surface area contributed by atoms with Gasteiger partial charge in [0.25, 0.3) is 5.82 Å². The Morgan fingerprint density at radius 3 is 2.59 bits per heavy atom.